The SMILES string of the molecule is CCn1c(-c2nonc2N)nc2cncc(Nc3cccnc3)c21. The molecule has 3 N–H and O–H groups in total. The summed E-state index contributed by atoms with van der Waals surface area (Å²) in [4.78, 5) is 13.0. The molecule has 0 aromatic carbocycles. The Labute approximate surface area is 136 Å². The number of rotatable bonds is 4. The molecule has 0 aliphatic rings. The summed E-state index contributed by atoms with van der Waals surface area (Å²) in [6.45, 7) is 2.69. The zero-order valence-corrected chi connectivity index (χ0v) is 12.8. The number of fused-ring (bicyclic) bond motifs is 1. The van der Waals surface area contributed by atoms with Crippen molar-refractivity contribution < 1.29 is 4.63 Å². The minimum absolute atomic E-state index is 0.203. The van der Waals surface area contributed by atoms with Gasteiger partial charge in [0.15, 0.2) is 17.3 Å². The first-order valence-electron chi connectivity index (χ1n) is 7.37. The fraction of sp³-hybridized carbons (Fsp3) is 0.133. The monoisotopic (exact) mass is 322 g/mol. The van der Waals surface area contributed by atoms with Crippen LogP contribution in [0.3, 0.4) is 0 Å². The van der Waals surface area contributed by atoms with Crippen molar-refractivity contribution in [3.05, 3.63) is 36.9 Å². The molecule has 0 atom stereocenters. The van der Waals surface area contributed by atoms with E-state index < -0.39 is 0 Å². The maximum Gasteiger partial charge on any atom is 0.199 e. The number of aromatic nitrogens is 6. The lowest BCUT2D eigenvalue weighted by molar-refractivity contribution is 0.310. The van der Waals surface area contributed by atoms with Crippen LogP contribution in [0.25, 0.3) is 22.6 Å². The molecule has 9 heteroatoms. The molecule has 9 nitrogen and oxygen atoms in total. The number of aryl methyl sites for hydroxylation is 1. The molecule has 0 unspecified atom stereocenters. The molecule has 4 aromatic heterocycles. The van der Waals surface area contributed by atoms with Crippen molar-refractivity contribution in [2.24, 2.45) is 0 Å². The first-order valence-corrected chi connectivity index (χ1v) is 7.37. The summed E-state index contributed by atoms with van der Waals surface area (Å²) in [6, 6.07) is 3.79. The van der Waals surface area contributed by atoms with E-state index in [9.17, 15) is 0 Å². The minimum atomic E-state index is 0.203. The third-order valence-electron chi connectivity index (χ3n) is 3.63. The average molecular weight is 322 g/mol. The molecule has 24 heavy (non-hydrogen) atoms. The van der Waals surface area contributed by atoms with Gasteiger partial charge in [0.1, 0.15) is 5.52 Å². The largest absolute Gasteiger partial charge is 0.379 e. The highest BCUT2D eigenvalue weighted by atomic mass is 16.6. The normalized spacial score (nSPS) is 11.0. The van der Waals surface area contributed by atoms with E-state index in [1.165, 1.54) is 0 Å². The molecule has 0 aliphatic carbocycles. The maximum absolute atomic E-state index is 5.82. The van der Waals surface area contributed by atoms with E-state index in [0.29, 0.717) is 18.1 Å². The predicted octanol–water partition coefficient (Wildman–Crippen LogP) is 2.22. The van der Waals surface area contributed by atoms with Crippen molar-refractivity contribution in [2.75, 3.05) is 11.1 Å². The lowest BCUT2D eigenvalue weighted by Crippen LogP contribution is -2.02. The zero-order chi connectivity index (χ0) is 16.5. The van der Waals surface area contributed by atoms with Gasteiger partial charge in [-0.15, -0.1) is 0 Å². The second-order valence-corrected chi connectivity index (χ2v) is 5.10. The lowest BCUT2D eigenvalue weighted by Gasteiger charge is -2.10. The predicted molar refractivity (Wildman–Crippen MR) is 88.4 cm³/mol. The molecule has 4 heterocycles. The number of pyridine rings is 2. The zero-order valence-electron chi connectivity index (χ0n) is 12.8. The second kappa shape index (κ2) is 5.61. The molecule has 0 amide bonds. The van der Waals surface area contributed by atoms with Crippen molar-refractivity contribution in [1.82, 2.24) is 29.8 Å². The first-order chi connectivity index (χ1) is 11.8. The number of anilines is 3. The van der Waals surface area contributed by atoms with Crippen LogP contribution in [0.4, 0.5) is 17.2 Å². The molecule has 120 valence electrons. The van der Waals surface area contributed by atoms with E-state index in [1.54, 1.807) is 24.8 Å². The minimum Gasteiger partial charge on any atom is -0.379 e. The Morgan fingerprint density at radius 2 is 2.12 bits per heavy atom. The molecule has 0 aliphatic heterocycles. The van der Waals surface area contributed by atoms with Crippen molar-refractivity contribution in [1.29, 1.82) is 0 Å². The van der Waals surface area contributed by atoms with Gasteiger partial charge in [0, 0.05) is 12.7 Å². The fourth-order valence-corrected chi connectivity index (χ4v) is 2.61. The van der Waals surface area contributed by atoms with Gasteiger partial charge in [-0.1, -0.05) is 0 Å². The molecular weight excluding hydrogens is 308 g/mol. The summed E-state index contributed by atoms with van der Waals surface area (Å²) in [5.74, 6) is 0.795. The van der Waals surface area contributed by atoms with Crippen molar-refractivity contribution in [3.63, 3.8) is 0 Å². The molecule has 4 aromatic rings. The summed E-state index contributed by atoms with van der Waals surface area (Å²) in [6.07, 6.45) is 6.91. The van der Waals surface area contributed by atoms with Crippen LogP contribution >= 0.6 is 0 Å². The highest BCUT2D eigenvalue weighted by molar-refractivity contribution is 5.92. The Kier molecular flexibility index (Phi) is 3.30. The molecule has 0 saturated carbocycles. The van der Waals surface area contributed by atoms with E-state index >= 15 is 0 Å². The number of nitrogen functional groups attached to an aromatic ring is 1. The van der Waals surface area contributed by atoms with E-state index in [2.05, 4.69) is 30.6 Å². The summed E-state index contributed by atoms with van der Waals surface area (Å²) in [7, 11) is 0. The van der Waals surface area contributed by atoms with Gasteiger partial charge < -0.3 is 15.6 Å². The summed E-state index contributed by atoms with van der Waals surface area (Å²) >= 11 is 0. The standard InChI is InChI=1S/C15H14N8O/c1-2-23-13-10(19-9-4-3-5-17-6-9)7-18-8-11(13)20-15(23)12-14(16)22-24-21-12/h3-8,19H,2H2,1H3,(H2,16,22). The van der Waals surface area contributed by atoms with E-state index in [-0.39, 0.29) is 5.82 Å². The highest BCUT2D eigenvalue weighted by Crippen LogP contribution is 2.31. The number of hydrogen-bond donors (Lipinski definition) is 2. The van der Waals surface area contributed by atoms with Crippen LogP contribution < -0.4 is 11.1 Å². The number of hydrogen-bond acceptors (Lipinski definition) is 8. The molecule has 4 rings (SSSR count). The van der Waals surface area contributed by atoms with Crippen LogP contribution in [0, 0.1) is 0 Å². The van der Waals surface area contributed by atoms with Crippen LogP contribution in [-0.2, 0) is 6.54 Å². The Balaban J connectivity index is 1.90. The Hall–Kier alpha value is -3.49. The molecule has 0 radical (unpaired) electrons. The van der Waals surface area contributed by atoms with Gasteiger partial charge in [-0.3, -0.25) is 9.97 Å². The van der Waals surface area contributed by atoms with Gasteiger partial charge in [-0.2, -0.15) is 0 Å². The van der Waals surface area contributed by atoms with Crippen molar-refractivity contribution in [2.45, 2.75) is 13.5 Å². The van der Waals surface area contributed by atoms with Crippen LogP contribution in [0.5, 0.6) is 0 Å². The van der Waals surface area contributed by atoms with Crippen LogP contribution in [-0.4, -0.2) is 29.8 Å². The third-order valence-corrected chi connectivity index (χ3v) is 3.63. The van der Waals surface area contributed by atoms with E-state index in [1.807, 2.05) is 23.6 Å². The van der Waals surface area contributed by atoms with Gasteiger partial charge in [0.25, 0.3) is 0 Å². The maximum atomic E-state index is 5.82. The summed E-state index contributed by atoms with van der Waals surface area (Å²) in [5, 5.41) is 10.8. The van der Waals surface area contributed by atoms with Crippen LogP contribution in [0.15, 0.2) is 41.5 Å². The van der Waals surface area contributed by atoms with Crippen molar-refractivity contribution in [3.8, 4) is 11.5 Å². The van der Waals surface area contributed by atoms with Gasteiger partial charge in [0.05, 0.1) is 35.5 Å². The lowest BCUT2D eigenvalue weighted by atomic mass is 10.3. The fourth-order valence-electron chi connectivity index (χ4n) is 2.61. The van der Waals surface area contributed by atoms with Gasteiger partial charge in [0.2, 0.25) is 0 Å². The molecular formula is C15H14N8O. The van der Waals surface area contributed by atoms with Gasteiger partial charge in [-0.05, 0) is 29.4 Å². The van der Waals surface area contributed by atoms with Crippen molar-refractivity contribution >= 4 is 28.2 Å². The highest BCUT2D eigenvalue weighted by Gasteiger charge is 2.20. The van der Waals surface area contributed by atoms with Crippen LogP contribution in [0.1, 0.15) is 6.92 Å². The van der Waals surface area contributed by atoms with Crippen LogP contribution in [0.2, 0.25) is 0 Å². The molecule has 0 saturated heterocycles. The Bertz CT molecular complexity index is 991. The average Bonchev–Trinajstić information content (AvgIpc) is 3.19. The second-order valence-electron chi connectivity index (χ2n) is 5.10. The Morgan fingerprint density at radius 1 is 1.21 bits per heavy atom. The number of nitrogens with two attached hydrogens (primary N) is 1. The summed E-state index contributed by atoms with van der Waals surface area (Å²) in [5.41, 5.74) is 9.54. The molecule has 0 fully saturated rings. The quantitative estimate of drug-likeness (QED) is 0.586. The van der Waals surface area contributed by atoms with Gasteiger partial charge >= 0.3 is 0 Å². The topological polar surface area (TPSA) is 121 Å². The van der Waals surface area contributed by atoms with E-state index in [0.717, 1.165) is 22.4 Å². The first kappa shape index (κ1) is 14.1. The third kappa shape index (κ3) is 2.22. The van der Waals surface area contributed by atoms with Gasteiger partial charge in [-0.25, -0.2) is 9.61 Å². The smallest absolute Gasteiger partial charge is 0.199 e. The van der Waals surface area contributed by atoms with E-state index in [4.69, 9.17) is 10.4 Å². The number of nitrogens with zero attached hydrogens (tertiary/aromatic N) is 6. The molecule has 0 bridgehead atoms. The number of imidazole rings is 1. The number of nitrogens with one attached hydrogen (secondary N) is 1. The molecule has 0 spiro atoms. The Morgan fingerprint density at radius 3 is 2.83 bits per heavy atom. The summed E-state index contributed by atoms with van der Waals surface area (Å²) < 4.78 is 6.69.